The zero-order chi connectivity index (χ0) is 15.8. The summed E-state index contributed by atoms with van der Waals surface area (Å²) in [5, 5.41) is 9.16. The third-order valence-corrected chi connectivity index (χ3v) is 3.20. The lowest BCUT2D eigenvalue weighted by Crippen LogP contribution is -2.40. The van der Waals surface area contributed by atoms with Crippen molar-refractivity contribution in [2.24, 2.45) is 0 Å². The molecule has 0 aliphatic rings. The van der Waals surface area contributed by atoms with Gasteiger partial charge in [0.05, 0.1) is 19.8 Å². The minimum atomic E-state index is -0.558. The van der Waals surface area contributed by atoms with Crippen molar-refractivity contribution < 1.29 is 9.84 Å². The van der Waals surface area contributed by atoms with Crippen LogP contribution in [0.4, 0.5) is 11.5 Å². The number of hydrogen-bond donors (Lipinski definition) is 3. The van der Waals surface area contributed by atoms with Gasteiger partial charge in [0, 0.05) is 20.2 Å². The van der Waals surface area contributed by atoms with Gasteiger partial charge in [0.15, 0.2) is 0 Å². The fourth-order valence-corrected chi connectivity index (χ4v) is 2.09. The van der Waals surface area contributed by atoms with Crippen molar-refractivity contribution in [2.45, 2.75) is 26.3 Å². The molecule has 0 amide bonds. The molecule has 1 rings (SSSR count). The third kappa shape index (κ3) is 4.33. The second kappa shape index (κ2) is 8.48. The molecule has 0 aliphatic heterocycles. The molecule has 0 saturated carbocycles. The number of nitrogen functional groups attached to an aromatic ring is 1. The number of methoxy groups -OCH3 is 1. The molecule has 4 N–H and O–H groups in total. The zero-order valence-electron chi connectivity index (χ0n) is 12.6. The van der Waals surface area contributed by atoms with Gasteiger partial charge in [-0.15, -0.1) is 0 Å². The Morgan fingerprint density at radius 1 is 1.38 bits per heavy atom. The summed E-state index contributed by atoms with van der Waals surface area (Å²) in [5.74, 6) is 0.102. The number of aliphatic hydroxyl groups excluding tert-OH is 1. The molecule has 0 radical (unpaired) electrons. The summed E-state index contributed by atoms with van der Waals surface area (Å²) in [7, 11) is 1.52. The monoisotopic (exact) mass is 300 g/mol. The molecule has 0 saturated heterocycles. The second-order valence-corrected chi connectivity index (χ2v) is 4.70. The van der Waals surface area contributed by atoms with Gasteiger partial charge in [0.25, 0.3) is 5.56 Å². The number of rotatable bonds is 9. The zero-order valence-corrected chi connectivity index (χ0v) is 12.6. The predicted octanol–water partition coefficient (Wildman–Crippen LogP) is -0.636. The van der Waals surface area contributed by atoms with E-state index in [1.54, 1.807) is 4.90 Å². The van der Waals surface area contributed by atoms with Gasteiger partial charge in [0.1, 0.15) is 11.5 Å². The summed E-state index contributed by atoms with van der Waals surface area (Å²) < 4.78 is 6.21. The summed E-state index contributed by atoms with van der Waals surface area (Å²) in [4.78, 5) is 27.9. The molecule has 21 heavy (non-hydrogen) atoms. The topological polar surface area (TPSA) is 114 Å². The first kappa shape index (κ1) is 17.3. The Morgan fingerprint density at radius 3 is 2.67 bits per heavy atom. The number of H-pyrrole nitrogens is 1. The van der Waals surface area contributed by atoms with Crippen LogP contribution in [0.25, 0.3) is 0 Å². The number of aromatic amines is 1. The molecule has 0 bridgehead atoms. The Hall–Kier alpha value is -1.80. The molecule has 0 spiro atoms. The average Bonchev–Trinajstić information content (AvgIpc) is 2.44. The van der Waals surface area contributed by atoms with Crippen LogP contribution in [0.2, 0.25) is 0 Å². The number of ether oxygens (including phenoxy) is 1. The van der Waals surface area contributed by atoms with Gasteiger partial charge in [-0.3, -0.25) is 14.3 Å². The van der Waals surface area contributed by atoms with Crippen molar-refractivity contribution in [3.05, 3.63) is 20.8 Å². The number of hydrogen-bond acceptors (Lipinski definition) is 6. The molecule has 0 fully saturated rings. The van der Waals surface area contributed by atoms with Crippen LogP contribution in [0, 0.1) is 0 Å². The summed E-state index contributed by atoms with van der Waals surface area (Å²) in [6.45, 7) is 3.38. The summed E-state index contributed by atoms with van der Waals surface area (Å²) in [6, 6.07) is 0. The normalized spacial score (nSPS) is 10.8. The van der Waals surface area contributed by atoms with E-state index >= 15 is 0 Å². The molecule has 120 valence electrons. The Morgan fingerprint density at radius 2 is 2.10 bits per heavy atom. The van der Waals surface area contributed by atoms with Gasteiger partial charge in [-0.1, -0.05) is 13.3 Å². The highest BCUT2D eigenvalue weighted by molar-refractivity contribution is 5.62. The Kier molecular flexibility index (Phi) is 6.97. The quantitative estimate of drug-likeness (QED) is 0.559. The lowest BCUT2D eigenvalue weighted by molar-refractivity contribution is 0.186. The molecule has 1 aromatic rings. The predicted molar refractivity (Wildman–Crippen MR) is 81.8 cm³/mol. The van der Waals surface area contributed by atoms with Crippen LogP contribution in [0.3, 0.4) is 0 Å². The van der Waals surface area contributed by atoms with E-state index in [2.05, 4.69) is 4.98 Å². The van der Waals surface area contributed by atoms with Crippen molar-refractivity contribution >= 4 is 11.5 Å². The van der Waals surface area contributed by atoms with Crippen LogP contribution in [-0.4, -0.2) is 48.1 Å². The van der Waals surface area contributed by atoms with Gasteiger partial charge >= 0.3 is 5.69 Å². The number of aliphatic hydroxyl groups is 1. The highest BCUT2D eigenvalue weighted by Crippen LogP contribution is 2.16. The standard InChI is InChI=1S/C13H24N4O4/c1-3-4-5-16(6-8-18)10-11(14)17(7-9-21-2)13(20)15-12(10)19/h18H,3-9,14H2,1-2H3,(H,15,19,20). The van der Waals surface area contributed by atoms with Crippen molar-refractivity contribution in [3.63, 3.8) is 0 Å². The van der Waals surface area contributed by atoms with Crippen LogP contribution < -0.4 is 21.9 Å². The van der Waals surface area contributed by atoms with Crippen molar-refractivity contribution in [1.29, 1.82) is 0 Å². The van der Waals surface area contributed by atoms with Crippen LogP contribution in [0.5, 0.6) is 0 Å². The minimum Gasteiger partial charge on any atom is -0.395 e. The van der Waals surface area contributed by atoms with Crippen LogP contribution >= 0.6 is 0 Å². The molecule has 8 heteroatoms. The van der Waals surface area contributed by atoms with E-state index in [0.717, 1.165) is 12.8 Å². The molecule has 0 aromatic carbocycles. The van der Waals surface area contributed by atoms with Gasteiger partial charge in [-0.05, 0) is 6.42 Å². The first-order valence-electron chi connectivity index (χ1n) is 7.04. The van der Waals surface area contributed by atoms with E-state index < -0.39 is 11.2 Å². The van der Waals surface area contributed by atoms with E-state index in [-0.39, 0.29) is 31.2 Å². The number of nitrogens with zero attached hydrogens (tertiary/aromatic N) is 2. The lowest BCUT2D eigenvalue weighted by atomic mass is 10.3. The van der Waals surface area contributed by atoms with Gasteiger partial charge in [-0.2, -0.15) is 0 Å². The molecule has 0 aliphatic carbocycles. The van der Waals surface area contributed by atoms with Crippen molar-refractivity contribution in [1.82, 2.24) is 9.55 Å². The van der Waals surface area contributed by atoms with Crippen LogP contribution in [0.1, 0.15) is 19.8 Å². The number of aromatic nitrogens is 2. The summed E-state index contributed by atoms with van der Waals surface area (Å²) in [6.07, 6.45) is 1.80. The first-order chi connectivity index (χ1) is 10.1. The highest BCUT2D eigenvalue weighted by atomic mass is 16.5. The first-order valence-corrected chi connectivity index (χ1v) is 7.04. The Labute approximate surface area is 123 Å². The van der Waals surface area contributed by atoms with E-state index in [9.17, 15) is 9.59 Å². The van der Waals surface area contributed by atoms with E-state index in [1.807, 2.05) is 6.92 Å². The smallest absolute Gasteiger partial charge is 0.330 e. The second-order valence-electron chi connectivity index (χ2n) is 4.70. The minimum absolute atomic E-state index is 0.0974. The number of anilines is 2. The molecule has 1 aromatic heterocycles. The maximum absolute atomic E-state index is 12.1. The van der Waals surface area contributed by atoms with Gasteiger partial charge in [0.2, 0.25) is 0 Å². The molecule has 0 unspecified atom stereocenters. The third-order valence-electron chi connectivity index (χ3n) is 3.20. The van der Waals surface area contributed by atoms with E-state index in [4.69, 9.17) is 15.6 Å². The highest BCUT2D eigenvalue weighted by Gasteiger charge is 2.18. The van der Waals surface area contributed by atoms with Crippen LogP contribution in [-0.2, 0) is 11.3 Å². The number of unbranched alkanes of at least 4 members (excludes halogenated alkanes) is 1. The molecule has 1 heterocycles. The summed E-state index contributed by atoms with van der Waals surface area (Å²) in [5.41, 5.74) is 5.13. The molecular formula is C13H24N4O4. The van der Waals surface area contributed by atoms with E-state index in [1.165, 1.54) is 11.7 Å². The van der Waals surface area contributed by atoms with Gasteiger partial charge < -0.3 is 20.5 Å². The maximum Gasteiger partial charge on any atom is 0.330 e. The van der Waals surface area contributed by atoms with Gasteiger partial charge in [-0.25, -0.2) is 4.79 Å². The fraction of sp³-hybridized carbons (Fsp3) is 0.692. The Balaban J connectivity index is 3.25. The summed E-state index contributed by atoms with van der Waals surface area (Å²) >= 11 is 0. The molecule has 8 nitrogen and oxygen atoms in total. The molecule has 0 atom stereocenters. The lowest BCUT2D eigenvalue weighted by Gasteiger charge is -2.25. The number of nitrogens with one attached hydrogen (secondary N) is 1. The van der Waals surface area contributed by atoms with Crippen LogP contribution in [0.15, 0.2) is 9.59 Å². The van der Waals surface area contributed by atoms with Crippen molar-refractivity contribution in [2.75, 3.05) is 44.0 Å². The largest absolute Gasteiger partial charge is 0.395 e. The van der Waals surface area contributed by atoms with E-state index in [0.29, 0.717) is 13.2 Å². The maximum atomic E-state index is 12.1. The number of nitrogens with two attached hydrogens (primary N) is 1. The van der Waals surface area contributed by atoms with Crippen molar-refractivity contribution in [3.8, 4) is 0 Å². The average molecular weight is 300 g/mol. The molecular weight excluding hydrogens is 276 g/mol. The fourth-order valence-electron chi connectivity index (χ4n) is 2.09. The SMILES string of the molecule is CCCCN(CCO)c1c(N)n(CCOC)c(=O)[nH]c1=O. The Bertz CT molecular complexity index is 552.